The van der Waals surface area contributed by atoms with Crippen LogP contribution in [0.4, 0.5) is 4.79 Å². The minimum Gasteiger partial charge on any atom is -0.724 e. The lowest BCUT2D eigenvalue weighted by molar-refractivity contribution is -0.929. The molecule has 0 radical (unpaired) electrons. The number of aromatic nitrogens is 2. The van der Waals surface area contributed by atoms with E-state index >= 15 is 0 Å². The van der Waals surface area contributed by atoms with Gasteiger partial charge in [0, 0.05) is 6.54 Å². The molecule has 1 aromatic heterocycles. The Kier molecular flexibility index (Phi) is 12.6. The maximum Gasteiger partial charge on any atom is 0.346 e. The maximum absolute atomic E-state index is 12.0. The third-order valence-corrected chi connectivity index (χ3v) is 7.46. The number of hydroxylamine groups is 2. The van der Waals surface area contributed by atoms with E-state index in [1.54, 1.807) is 0 Å². The highest BCUT2D eigenvalue weighted by atomic mass is 32.3. The molecule has 2 atom stereocenters. The van der Waals surface area contributed by atoms with Crippen LogP contribution in [0.2, 0.25) is 0 Å². The highest BCUT2D eigenvalue weighted by Crippen LogP contribution is 2.37. The molecule has 208 valence electrons. The predicted molar refractivity (Wildman–Crippen MR) is 134 cm³/mol. The number of hydrogen-bond acceptors (Lipinski definition) is 8. The molecule has 0 N–H and O–H groups in total. The molecule has 1 aromatic rings. The van der Waals surface area contributed by atoms with Crippen LogP contribution in [0.5, 0.6) is 0 Å². The second kappa shape index (κ2) is 14.8. The molecule has 3 heterocycles. The van der Waals surface area contributed by atoms with Gasteiger partial charge in [0.05, 0.1) is 38.3 Å². The minimum atomic E-state index is -4.97. The molecule has 11 nitrogen and oxygen atoms in total. The average Bonchev–Trinajstić information content (AvgIpc) is 3.47. The van der Waals surface area contributed by atoms with Crippen molar-refractivity contribution in [3.05, 3.63) is 12.2 Å². The van der Waals surface area contributed by atoms with Gasteiger partial charge in [0.2, 0.25) is 16.8 Å². The van der Waals surface area contributed by atoms with Crippen molar-refractivity contribution in [2.75, 3.05) is 32.7 Å². The molecule has 36 heavy (non-hydrogen) atoms. The summed E-state index contributed by atoms with van der Waals surface area (Å²) >= 11 is 0. The normalized spacial score (nSPS) is 20.0. The Labute approximate surface area is 216 Å². The van der Waals surface area contributed by atoms with Gasteiger partial charge in [-0.3, -0.25) is 0 Å². The van der Waals surface area contributed by atoms with Gasteiger partial charge in [0.15, 0.2) is 5.82 Å². The third-order valence-electron chi connectivity index (χ3n) is 7.11. The standard InChI is InChI=1S/C16H36N.C8H10N4O6S/c1-5-9-13-17(14-10-6-2,15-11-7-3)16-12-8-4;13-8-11-3-5(12(8)18-19(14,15)16)1-2-6(11)7-9-4-17-10-7/h5-16H2,1-4H3;4-6H,1-3H2,(H,14,15,16)/q+1;/p-1/t;5-,6+/m.1/s1. The summed E-state index contributed by atoms with van der Waals surface area (Å²) in [6.07, 6.45) is 13.2. The lowest BCUT2D eigenvalue weighted by Gasteiger charge is -2.39. The fraction of sp³-hybridized carbons (Fsp3) is 0.875. The van der Waals surface area contributed by atoms with Crippen molar-refractivity contribution < 1.29 is 31.1 Å². The molecule has 0 aromatic carbocycles. The molecular weight excluding hydrogens is 486 g/mol. The first-order chi connectivity index (χ1) is 17.2. The number of urea groups is 1. The summed E-state index contributed by atoms with van der Waals surface area (Å²) in [5, 5.41) is 4.28. The van der Waals surface area contributed by atoms with Gasteiger partial charge in [-0.2, -0.15) is 14.3 Å². The van der Waals surface area contributed by atoms with E-state index in [2.05, 4.69) is 46.6 Å². The van der Waals surface area contributed by atoms with Crippen LogP contribution in [-0.4, -0.2) is 82.4 Å². The number of piperidine rings is 1. The molecule has 0 saturated carbocycles. The van der Waals surface area contributed by atoms with E-state index in [4.69, 9.17) is 0 Å². The Morgan fingerprint density at radius 2 is 1.53 bits per heavy atom. The number of fused-ring (bicyclic) bond motifs is 2. The van der Waals surface area contributed by atoms with Crippen LogP contribution in [0.15, 0.2) is 10.9 Å². The molecule has 2 fully saturated rings. The number of nitrogens with zero attached hydrogens (tertiary/aromatic N) is 5. The molecule has 0 aliphatic carbocycles. The molecule has 2 aliphatic rings. The van der Waals surface area contributed by atoms with E-state index < -0.39 is 28.5 Å². The first-order valence-electron chi connectivity index (χ1n) is 13.6. The lowest BCUT2D eigenvalue weighted by atomic mass is 10.0. The van der Waals surface area contributed by atoms with Gasteiger partial charge in [0.1, 0.15) is 0 Å². The summed E-state index contributed by atoms with van der Waals surface area (Å²) in [5.41, 5.74) is 0. The highest BCUT2D eigenvalue weighted by molar-refractivity contribution is 7.80. The van der Waals surface area contributed by atoms with Crippen LogP contribution in [0.1, 0.15) is 104 Å². The van der Waals surface area contributed by atoms with Gasteiger partial charge >= 0.3 is 6.03 Å². The summed E-state index contributed by atoms with van der Waals surface area (Å²) in [6, 6.07) is -1.54. The summed E-state index contributed by atoms with van der Waals surface area (Å²) in [4.78, 5) is 17.3. The zero-order valence-corrected chi connectivity index (χ0v) is 23.2. The van der Waals surface area contributed by atoms with E-state index in [0.717, 1.165) is 6.39 Å². The number of carbonyl (C=O) groups is 1. The second-order valence-electron chi connectivity index (χ2n) is 9.93. The fourth-order valence-corrected chi connectivity index (χ4v) is 5.45. The molecule has 0 spiro atoms. The number of rotatable bonds is 15. The molecular formula is C24H45N5O6S. The Morgan fingerprint density at radius 3 is 1.94 bits per heavy atom. The van der Waals surface area contributed by atoms with E-state index in [9.17, 15) is 17.8 Å². The maximum atomic E-state index is 12.0. The third kappa shape index (κ3) is 8.97. The van der Waals surface area contributed by atoms with E-state index in [1.165, 1.54) is 86.9 Å². The van der Waals surface area contributed by atoms with Crippen molar-refractivity contribution in [1.82, 2.24) is 20.1 Å². The summed E-state index contributed by atoms with van der Waals surface area (Å²) in [5.74, 6) is 0.346. The van der Waals surface area contributed by atoms with Gasteiger partial charge in [0.25, 0.3) is 0 Å². The van der Waals surface area contributed by atoms with Crippen molar-refractivity contribution >= 4 is 16.4 Å². The van der Waals surface area contributed by atoms with Crippen molar-refractivity contribution in [3.63, 3.8) is 0 Å². The number of hydrogen-bond donors (Lipinski definition) is 0. The van der Waals surface area contributed by atoms with Crippen LogP contribution in [0, 0.1) is 0 Å². The number of unbranched alkanes of at least 4 members (excludes halogenated alkanes) is 4. The van der Waals surface area contributed by atoms with Crippen molar-refractivity contribution in [2.45, 2.75) is 104 Å². The molecule has 3 rings (SSSR count). The smallest absolute Gasteiger partial charge is 0.346 e. The predicted octanol–water partition coefficient (Wildman–Crippen LogP) is 4.41. The highest BCUT2D eigenvalue weighted by Gasteiger charge is 2.48. The van der Waals surface area contributed by atoms with Crippen molar-refractivity contribution in [1.29, 1.82) is 0 Å². The van der Waals surface area contributed by atoms with E-state index in [-0.39, 0.29) is 6.54 Å². The first-order valence-corrected chi connectivity index (χ1v) is 14.9. The number of carbonyl (C=O) groups excluding carboxylic acids is 1. The van der Waals surface area contributed by atoms with Gasteiger partial charge in [-0.1, -0.05) is 58.5 Å². The minimum absolute atomic E-state index is 0.257. The second-order valence-corrected chi connectivity index (χ2v) is 10.9. The van der Waals surface area contributed by atoms with Crippen LogP contribution in [-0.2, 0) is 14.7 Å². The zero-order chi connectivity index (χ0) is 26.6. The Hall–Kier alpha value is -1.76. The average molecular weight is 532 g/mol. The zero-order valence-electron chi connectivity index (χ0n) is 22.4. The van der Waals surface area contributed by atoms with Crippen LogP contribution in [0.3, 0.4) is 0 Å². The van der Waals surface area contributed by atoms with Gasteiger partial charge in [-0.05, 0) is 38.5 Å². The summed E-state index contributed by atoms with van der Waals surface area (Å²) in [6.45, 7) is 15.3. The Morgan fingerprint density at radius 1 is 1.00 bits per heavy atom. The first kappa shape index (κ1) is 30.5. The van der Waals surface area contributed by atoms with Crippen LogP contribution < -0.4 is 0 Å². The van der Waals surface area contributed by atoms with E-state index in [1.807, 2.05) is 0 Å². The fourth-order valence-electron chi connectivity index (χ4n) is 5.07. The molecule has 2 saturated heterocycles. The number of amides is 2. The largest absolute Gasteiger partial charge is 0.724 e. The van der Waals surface area contributed by atoms with Gasteiger partial charge in [-0.25, -0.2) is 13.2 Å². The number of quaternary nitrogens is 1. The lowest BCUT2D eigenvalue weighted by Crippen LogP contribution is -2.50. The summed E-state index contributed by atoms with van der Waals surface area (Å²) in [7, 11) is -4.97. The molecule has 2 aliphatic heterocycles. The quantitative estimate of drug-likeness (QED) is 0.185. The van der Waals surface area contributed by atoms with Gasteiger partial charge in [-0.15, -0.1) is 0 Å². The molecule has 0 unspecified atom stereocenters. The van der Waals surface area contributed by atoms with Gasteiger partial charge < -0.3 is 18.5 Å². The Balaban J connectivity index is 0.000000256. The molecule has 2 amide bonds. The Bertz CT molecular complexity index is 829. The van der Waals surface area contributed by atoms with Crippen LogP contribution in [0.25, 0.3) is 0 Å². The van der Waals surface area contributed by atoms with Crippen molar-refractivity contribution in [3.8, 4) is 0 Å². The summed E-state index contributed by atoms with van der Waals surface area (Å²) < 4.78 is 42.0. The van der Waals surface area contributed by atoms with Crippen LogP contribution >= 0.6 is 0 Å². The SMILES string of the molecule is CCCC[N+](CCCC)(CCCC)CCCC.O=C1N2C[C@@H](CC[C@H]2c2ncon2)N1OS(=O)(=O)[O-]. The van der Waals surface area contributed by atoms with E-state index in [0.29, 0.717) is 23.7 Å². The molecule has 12 heteroatoms. The molecule has 2 bridgehead atoms. The monoisotopic (exact) mass is 531 g/mol. The topological polar surface area (TPSA) is 129 Å². The van der Waals surface area contributed by atoms with Crippen molar-refractivity contribution in [2.24, 2.45) is 0 Å².